The van der Waals surface area contributed by atoms with Crippen molar-refractivity contribution in [2.75, 3.05) is 0 Å². The molecule has 2 aromatic carbocycles. The van der Waals surface area contributed by atoms with Crippen LogP contribution in [0.25, 0.3) is 0 Å². The zero-order valence-electron chi connectivity index (χ0n) is 12.4. The van der Waals surface area contributed by atoms with Crippen LogP contribution in [0.1, 0.15) is 39.5 Å². The van der Waals surface area contributed by atoms with Crippen molar-refractivity contribution in [1.29, 1.82) is 5.26 Å². The molecule has 0 amide bonds. The van der Waals surface area contributed by atoms with E-state index in [0.29, 0.717) is 16.7 Å². The molecule has 0 saturated carbocycles. The van der Waals surface area contributed by atoms with Gasteiger partial charge in [0.25, 0.3) is 0 Å². The van der Waals surface area contributed by atoms with Gasteiger partial charge in [-0.25, -0.2) is 13.1 Å². The predicted octanol–water partition coefficient (Wildman–Crippen LogP) is 2.47. The Hall–Kier alpha value is -2.49. The molecule has 0 bridgehead atoms. The maximum absolute atomic E-state index is 12.7. The van der Waals surface area contributed by atoms with Gasteiger partial charge in [0.1, 0.15) is 0 Å². The normalized spacial score (nSPS) is 16.9. The van der Waals surface area contributed by atoms with Crippen LogP contribution in [0.5, 0.6) is 0 Å². The van der Waals surface area contributed by atoms with E-state index < -0.39 is 16.1 Å². The number of nitriles is 1. The van der Waals surface area contributed by atoms with Crippen molar-refractivity contribution in [1.82, 2.24) is 4.72 Å². The summed E-state index contributed by atoms with van der Waals surface area (Å²) in [7, 11) is -3.83. The lowest BCUT2D eigenvalue weighted by molar-refractivity contribution is 0.0988. The first kappa shape index (κ1) is 15.4. The molecule has 0 unspecified atom stereocenters. The number of hydrogen-bond donors (Lipinski definition) is 1. The quantitative estimate of drug-likeness (QED) is 0.938. The lowest BCUT2D eigenvalue weighted by Gasteiger charge is -2.15. The van der Waals surface area contributed by atoms with E-state index in [9.17, 15) is 13.2 Å². The highest BCUT2D eigenvalue weighted by Gasteiger charge is 2.32. The smallest absolute Gasteiger partial charge is 0.241 e. The van der Waals surface area contributed by atoms with Gasteiger partial charge in [0, 0.05) is 12.0 Å². The Bertz CT molecular complexity index is 943. The van der Waals surface area contributed by atoms with Crippen LogP contribution < -0.4 is 4.72 Å². The van der Waals surface area contributed by atoms with Crippen molar-refractivity contribution in [3.63, 3.8) is 0 Å². The maximum Gasteiger partial charge on any atom is 0.241 e. The van der Waals surface area contributed by atoms with Crippen LogP contribution in [0.4, 0.5) is 0 Å². The third-order valence-corrected chi connectivity index (χ3v) is 5.54. The van der Waals surface area contributed by atoms with Crippen LogP contribution in [0.15, 0.2) is 47.4 Å². The number of aryl methyl sites for hydroxylation is 1. The number of carbonyl (C=O) groups excluding carboxylic acids is 1. The molecule has 0 radical (unpaired) electrons. The molecule has 1 atom stereocenters. The van der Waals surface area contributed by atoms with E-state index in [2.05, 4.69) is 4.72 Å². The summed E-state index contributed by atoms with van der Waals surface area (Å²) in [6, 6.07) is 12.9. The van der Waals surface area contributed by atoms with Crippen LogP contribution in [-0.4, -0.2) is 14.2 Å². The number of fused-ring (bicyclic) bond motifs is 1. The van der Waals surface area contributed by atoms with E-state index in [4.69, 9.17) is 5.26 Å². The largest absolute Gasteiger partial charge is 0.294 e. The third kappa shape index (κ3) is 2.77. The van der Waals surface area contributed by atoms with Crippen LogP contribution in [0, 0.1) is 18.3 Å². The van der Waals surface area contributed by atoms with Crippen molar-refractivity contribution in [2.45, 2.75) is 24.3 Å². The van der Waals surface area contributed by atoms with Gasteiger partial charge in [-0.15, -0.1) is 0 Å². The van der Waals surface area contributed by atoms with E-state index in [1.807, 2.05) is 6.07 Å². The second kappa shape index (κ2) is 5.61. The van der Waals surface area contributed by atoms with Crippen LogP contribution in [0.3, 0.4) is 0 Å². The number of ketones is 1. The molecule has 2 aromatic rings. The molecule has 0 aromatic heterocycles. The average Bonchev–Trinajstić information content (AvgIpc) is 2.84. The van der Waals surface area contributed by atoms with Gasteiger partial charge in [0.05, 0.1) is 22.6 Å². The number of rotatable bonds is 3. The number of Topliss-reactive ketones (excluding diaryl/α,β-unsaturated/α-hetero) is 1. The van der Waals surface area contributed by atoms with Crippen molar-refractivity contribution >= 4 is 15.8 Å². The molecule has 116 valence electrons. The molecule has 1 aliphatic carbocycles. The Morgan fingerprint density at radius 1 is 1.22 bits per heavy atom. The number of nitrogens with zero attached hydrogens (tertiary/aromatic N) is 1. The summed E-state index contributed by atoms with van der Waals surface area (Å²) >= 11 is 0. The minimum atomic E-state index is -3.83. The first-order chi connectivity index (χ1) is 10.9. The van der Waals surface area contributed by atoms with E-state index in [0.717, 1.165) is 0 Å². The van der Waals surface area contributed by atoms with Crippen LogP contribution in [-0.2, 0) is 10.0 Å². The Morgan fingerprint density at radius 2 is 1.96 bits per heavy atom. The highest BCUT2D eigenvalue weighted by atomic mass is 32.2. The summed E-state index contributed by atoms with van der Waals surface area (Å²) in [4.78, 5) is 12.1. The van der Waals surface area contributed by atoms with Gasteiger partial charge in [-0.1, -0.05) is 30.3 Å². The molecule has 1 N–H and O–H groups in total. The molecular weight excluding hydrogens is 312 g/mol. The van der Waals surface area contributed by atoms with Gasteiger partial charge in [-0.05, 0) is 30.2 Å². The number of hydrogen-bond acceptors (Lipinski definition) is 4. The second-order valence-electron chi connectivity index (χ2n) is 5.48. The minimum absolute atomic E-state index is 0.0633. The van der Waals surface area contributed by atoms with Gasteiger partial charge in [0.15, 0.2) is 5.78 Å². The molecule has 0 fully saturated rings. The van der Waals surface area contributed by atoms with Crippen LogP contribution in [0.2, 0.25) is 0 Å². The molecule has 0 heterocycles. The Labute approximate surface area is 134 Å². The Morgan fingerprint density at radius 3 is 2.70 bits per heavy atom. The summed E-state index contributed by atoms with van der Waals surface area (Å²) < 4.78 is 27.9. The SMILES string of the molecule is Cc1ccc(C#N)cc1S(=O)(=O)N[C@@H]1CC(=O)c2ccccc21. The van der Waals surface area contributed by atoms with Crippen LogP contribution >= 0.6 is 0 Å². The molecule has 0 aliphatic heterocycles. The van der Waals surface area contributed by atoms with Gasteiger partial charge in [0.2, 0.25) is 10.0 Å². The zero-order valence-corrected chi connectivity index (χ0v) is 13.2. The van der Waals surface area contributed by atoms with E-state index in [1.165, 1.54) is 6.07 Å². The fourth-order valence-corrected chi connectivity index (χ4v) is 4.26. The summed E-state index contributed by atoms with van der Waals surface area (Å²) in [5, 5.41) is 8.96. The molecule has 6 heteroatoms. The average molecular weight is 326 g/mol. The summed E-state index contributed by atoms with van der Waals surface area (Å²) in [5.74, 6) is -0.0733. The van der Waals surface area contributed by atoms with Gasteiger partial charge < -0.3 is 0 Å². The molecule has 0 saturated heterocycles. The highest BCUT2D eigenvalue weighted by Crippen LogP contribution is 2.32. The van der Waals surface area contributed by atoms with Crippen molar-refractivity contribution < 1.29 is 13.2 Å². The topological polar surface area (TPSA) is 87.0 Å². The standard InChI is InChI=1S/C17H14N2O3S/c1-11-6-7-12(10-18)8-17(11)23(21,22)19-15-9-16(20)14-5-3-2-4-13(14)15/h2-8,15,19H,9H2,1H3/t15-/m1/s1. The summed E-state index contributed by atoms with van der Waals surface area (Å²) in [6.07, 6.45) is 0.107. The molecule has 0 spiro atoms. The Balaban J connectivity index is 1.98. The van der Waals surface area contributed by atoms with Gasteiger partial charge in [-0.2, -0.15) is 5.26 Å². The first-order valence-electron chi connectivity index (χ1n) is 7.07. The number of benzene rings is 2. The van der Waals surface area contributed by atoms with Crippen molar-refractivity contribution in [3.8, 4) is 6.07 Å². The van der Waals surface area contributed by atoms with Crippen molar-refractivity contribution in [3.05, 3.63) is 64.7 Å². The highest BCUT2D eigenvalue weighted by molar-refractivity contribution is 7.89. The Kier molecular flexibility index (Phi) is 3.76. The maximum atomic E-state index is 12.7. The molecule has 23 heavy (non-hydrogen) atoms. The molecule has 1 aliphatic rings. The van der Waals surface area contributed by atoms with E-state index in [1.54, 1.807) is 43.3 Å². The summed E-state index contributed by atoms with van der Waals surface area (Å²) in [5.41, 5.74) is 2.07. The zero-order chi connectivity index (χ0) is 16.6. The van der Waals surface area contributed by atoms with Crippen molar-refractivity contribution in [2.24, 2.45) is 0 Å². The third-order valence-electron chi connectivity index (χ3n) is 3.93. The molecule has 5 nitrogen and oxygen atoms in total. The van der Waals surface area contributed by atoms with E-state index >= 15 is 0 Å². The van der Waals surface area contributed by atoms with E-state index in [-0.39, 0.29) is 22.7 Å². The molecular formula is C17H14N2O3S. The predicted molar refractivity (Wildman–Crippen MR) is 84.3 cm³/mol. The minimum Gasteiger partial charge on any atom is -0.294 e. The van der Waals surface area contributed by atoms with Gasteiger partial charge >= 0.3 is 0 Å². The number of carbonyl (C=O) groups is 1. The number of sulfonamides is 1. The lowest BCUT2D eigenvalue weighted by Crippen LogP contribution is -2.28. The van der Waals surface area contributed by atoms with Gasteiger partial charge in [-0.3, -0.25) is 4.79 Å². The second-order valence-corrected chi connectivity index (χ2v) is 7.16. The monoisotopic (exact) mass is 326 g/mol. The molecule has 3 rings (SSSR count). The fourth-order valence-electron chi connectivity index (χ4n) is 2.78. The summed E-state index contributed by atoms with van der Waals surface area (Å²) in [6.45, 7) is 1.67. The fraction of sp³-hybridized carbons (Fsp3) is 0.176. The number of nitrogens with one attached hydrogen (secondary N) is 1. The lowest BCUT2D eigenvalue weighted by atomic mass is 10.1. The first-order valence-corrected chi connectivity index (χ1v) is 8.56.